The number of hydrogen-bond donors (Lipinski definition) is 1. The Bertz CT molecular complexity index is 547. The Morgan fingerprint density at radius 3 is 2.58 bits per heavy atom. The Morgan fingerprint density at radius 1 is 1.00 bits per heavy atom. The van der Waals surface area contributed by atoms with Crippen molar-refractivity contribution in [3.8, 4) is 0 Å². The van der Waals surface area contributed by atoms with Gasteiger partial charge in [-0.2, -0.15) is 0 Å². The van der Waals surface area contributed by atoms with Crippen LogP contribution in [0.4, 0.5) is 0 Å². The summed E-state index contributed by atoms with van der Waals surface area (Å²) in [6.45, 7) is 3.43. The molecule has 0 aliphatic carbocycles. The standard InChI is InChI=1S/C18H21N/c1-18(14-15-8-3-2-4-9-15)17-12-6-5-10-16(17)11-7-13-19-18/h2-6,8-10,12,19H,7,11,13-14H2,1H3/t18-/m0/s1. The van der Waals surface area contributed by atoms with Gasteiger partial charge in [-0.3, -0.25) is 0 Å². The molecule has 0 unspecified atom stereocenters. The van der Waals surface area contributed by atoms with Crippen molar-refractivity contribution < 1.29 is 0 Å². The second-order valence-electron chi connectivity index (χ2n) is 5.68. The summed E-state index contributed by atoms with van der Waals surface area (Å²) in [5, 5.41) is 3.76. The summed E-state index contributed by atoms with van der Waals surface area (Å²) in [7, 11) is 0. The summed E-state index contributed by atoms with van der Waals surface area (Å²) >= 11 is 0. The van der Waals surface area contributed by atoms with Gasteiger partial charge in [0.25, 0.3) is 0 Å². The summed E-state index contributed by atoms with van der Waals surface area (Å²) in [6, 6.07) is 19.7. The number of hydrogen-bond acceptors (Lipinski definition) is 1. The van der Waals surface area contributed by atoms with Crippen LogP contribution in [0.3, 0.4) is 0 Å². The van der Waals surface area contributed by atoms with Gasteiger partial charge in [0.1, 0.15) is 0 Å². The van der Waals surface area contributed by atoms with Crippen molar-refractivity contribution >= 4 is 0 Å². The Labute approximate surface area is 115 Å². The van der Waals surface area contributed by atoms with Crippen LogP contribution in [0, 0.1) is 0 Å². The van der Waals surface area contributed by atoms with Crippen LogP contribution < -0.4 is 5.32 Å². The van der Waals surface area contributed by atoms with Crippen LogP contribution in [-0.2, 0) is 18.4 Å². The highest BCUT2D eigenvalue weighted by atomic mass is 15.0. The lowest BCUT2D eigenvalue weighted by atomic mass is 9.83. The van der Waals surface area contributed by atoms with E-state index in [0.29, 0.717) is 0 Å². The highest BCUT2D eigenvalue weighted by Gasteiger charge is 2.29. The predicted octanol–water partition coefficient (Wildman–Crippen LogP) is 3.68. The highest BCUT2D eigenvalue weighted by Crippen LogP contribution is 2.31. The minimum absolute atomic E-state index is 0.0500. The molecule has 0 saturated carbocycles. The number of nitrogens with one attached hydrogen (secondary N) is 1. The molecule has 1 heteroatoms. The van der Waals surface area contributed by atoms with Gasteiger partial charge in [0, 0.05) is 5.54 Å². The molecule has 98 valence electrons. The van der Waals surface area contributed by atoms with Crippen molar-refractivity contribution in [2.45, 2.75) is 31.7 Å². The normalized spacial score (nSPS) is 22.6. The maximum Gasteiger partial charge on any atom is 0.0449 e. The smallest absolute Gasteiger partial charge is 0.0449 e. The van der Waals surface area contributed by atoms with E-state index in [1.54, 1.807) is 0 Å². The average molecular weight is 251 g/mol. The van der Waals surface area contributed by atoms with E-state index in [9.17, 15) is 0 Å². The second-order valence-corrected chi connectivity index (χ2v) is 5.68. The molecule has 19 heavy (non-hydrogen) atoms. The van der Waals surface area contributed by atoms with Crippen molar-refractivity contribution in [2.75, 3.05) is 6.54 Å². The van der Waals surface area contributed by atoms with Crippen LogP contribution in [0.2, 0.25) is 0 Å². The molecule has 0 amide bonds. The molecule has 0 fully saturated rings. The molecule has 0 spiro atoms. The zero-order valence-corrected chi connectivity index (χ0v) is 11.5. The maximum atomic E-state index is 3.76. The number of benzene rings is 2. The maximum absolute atomic E-state index is 3.76. The van der Waals surface area contributed by atoms with Gasteiger partial charge >= 0.3 is 0 Å². The van der Waals surface area contributed by atoms with Gasteiger partial charge in [0.2, 0.25) is 0 Å². The molecular weight excluding hydrogens is 230 g/mol. The van der Waals surface area contributed by atoms with E-state index in [0.717, 1.165) is 13.0 Å². The number of rotatable bonds is 2. The Hall–Kier alpha value is -1.60. The molecular formula is C18H21N. The fourth-order valence-electron chi connectivity index (χ4n) is 3.18. The lowest BCUT2D eigenvalue weighted by Gasteiger charge is -2.32. The van der Waals surface area contributed by atoms with Crippen LogP contribution in [0.1, 0.15) is 30.0 Å². The zero-order valence-electron chi connectivity index (χ0n) is 11.5. The SMILES string of the molecule is C[C@@]1(Cc2ccccc2)NCCCc2ccccc21. The summed E-state index contributed by atoms with van der Waals surface area (Å²) in [6.07, 6.45) is 3.46. The van der Waals surface area contributed by atoms with Crippen molar-refractivity contribution in [2.24, 2.45) is 0 Å². The third kappa shape index (κ3) is 2.57. The lowest BCUT2D eigenvalue weighted by Crippen LogP contribution is -2.41. The van der Waals surface area contributed by atoms with Crippen LogP contribution in [0.5, 0.6) is 0 Å². The van der Waals surface area contributed by atoms with Crippen molar-refractivity contribution in [1.82, 2.24) is 5.32 Å². The first-order valence-corrected chi connectivity index (χ1v) is 7.15. The van der Waals surface area contributed by atoms with Crippen LogP contribution in [0.25, 0.3) is 0 Å². The van der Waals surface area contributed by atoms with E-state index in [-0.39, 0.29) is 5.54 Å². The van der Waals surface area contributed by atoms with Crippen LogP contribution >= 0.6 is 0 Å². The highest BCUT2D eigenvalue weighted by molar-refractivity contribution is 5.36. The van der Waals surface area contributed by atoms with Gasteiger partial charge in [0.05, 0.1) is 0 Å². The van der Waals surface area contributed by atoms with Crippen molar-refractivity contribution in [1.29, 1.82) is 0 Å². The van der Waals surface area contributed by atoms with E-state index >= 15 is 0 Å². The van der Waals surface area contributed by atoms with Gasteiger partial charge in [-0.25, -0.2) is 0 Å². The Kier molecular flexibility index (Phi) is 3.39. The molecule has 1 nitrogen and oxygen atoms in total. The summed E-state index contributed by atoms with van der Waals surface area (Å²) in [4.78, 5) is 0. The monoisotopic (exact) mass is 251 g/mol. The molecule has 1 atom stereocenters. The largest absolute Gasteiger partial charge is 0.307 e. The predicted molar refractivity (Wildman–Crippen MR) is 80.3 cm³/mol. The molecule has 3 rings (SSSR count). The molecule has 0 radical (unpaired) electrons. The fourth-order valence-corrected chi connectivity index (χ4v) is 3.18. The summed E-state index contributed by atoms with van der Waals surface area (Å²) in [5.74, 6) is 0. The first-order valence-electron chi connectivity index (χ1n) is 7.15. The fraction of sp³-hybridized carbons (Fsp3) is 0.333. The lowest BCUT2D eigenvalue weighted by molar-refractivity contribution is 0.371. The molecule has 1 aliphatic heterocycles. The van der Waals surface area contributed by atoms with Crippen LogP contribution in [0.15, 0.2) is 54.6 Å². The molecule has 1 aliphatic rings. The molecule has 1 heterocycles. The third-order valence-electron chi connectivity index (χ3n) is 4.15. The molecule has 2 aromatic rings. The third-order valence-corrected chi connectivity index (χ3v) is 4.15. The number of fused-ring (bicyclic) bond motifs is 1. The Morgan fingerprint density at radius 2 is 1.74 bits per heavy atom. The first-order chi connectivity index (χ1) is 9.28. The van der Waals surface area contributed by atoms with E-state index in [2.05, 4.69) is 66.8 Å². The van der Waals surface area contributed by atoms with Gasteiger partial charge in [-0.1, -0.05) is 54.6 Å². The molecule has 0 aromatic heterocycles. The Balaban J connectivity index is 1.98. The van der Waals surface area contributed by atoms with E-state index in [1.807, 2.05) is 0 Å². The molecule has 2 aromatic carbocycles. The second kappa shape index (κ2) is 5.18. The van der Waals surface area contributed by atoms with Crippen LogP contribution in [-0.4, -0.2) is 6.54 Å². The zero-order chi connectivity index (χ0) is 13.1. The van der Waals surface area contributed by atoms with Gasteiger partial charge in [-0.15, -0.1) is 0 Å². The van der Waals surface area contributed by atoms with Gasteiger partial charge < -0.3 is 5.32 Å². The topological polar surface area (TPSA) is 12.0 Å². The van der Waals surface area contributed by atoms with E-state index < -0.39 is 0 Å². The average Bonchev–Trinajstić information content (AvgIpc) is 2.60. The minimum atomic E-state index is 0.0500. The molecule has 1 N–H and O–H groups in total. The summed E-state index contributed by atoms with van der Waals surface area (Å²) < 4.78 is 0. The van der Waals surface area contributed by atoms with E-state index in [1.165, 1.54) is 29.5 Å². The molecule has 0 bridgehead atoms. The first kappa shape index (κ1) is 12.4. The summed E-state index contributed by atoms with van der Waals surface area (Å²) in [5.41, 5.74) is 4.42. The molecule has 0 saturated heterocycles. The number of aryl methyl sites for hydroxylation is 1. The van der Waals surface area contributed by atoms with Crippen molar-refractivity contribution in [3.05, 3.63) is 71.3 Å². The van der Waals surface area contributed by atoms with E-state index in [4.69, 9.17) is 0 Å². The van der Waals surface area contributed by atoms with Crippen molar-refractivity contribution in [3.63, 3.8) is 0 Å². The quantitative estimate of drug-likeness (QED) is 0.858. The van der Waals surface area contributed by atoms with Gasteiger partial charge in [0.15, 0.2) is 0 Å². The minimum Gasteiger partial charge on any atom is -0.307 e. The van der Waals surface area contributed by atoms with Gasteiger partial charge in [-0.05, 0) is 49.4 Å².